The quantitative estimate of drug-likeness (QED) is 0.634. The van der Waals surface area contributed by atoms with Crippen LogP contribution in [0.3, 0.4) is 0 Å². The fourth-order valence-electron chi connectivity index (χ4n) is 2.64. The number of aryl methyl sites for hydroxylation is 1. The summed E-state index contributed by atoms with van der Waals surface area (Å²) < 4.78 is 22.6. The van der Waals surface area contributed by atoms with Crippen molar-refractivity contribution in [1.82, 2.24) is 9.97 Å². The molecule has 0 aliphatic carbocycles. The maximum atomic E-state index is 11.3. The van der Waals surface area contributed by atoms with E-state index in [1.807, 2.05) is 37.3 Å². The highest BCUT2D eigenvalue weighted by atomic mass is 32.2. The lowest BCUT2D eigenvalue weighted by molar-refractivity contribution is 0.594. The zero-order valence-corrected chi connectivity index (χ0v) is 15.0. The maximum absolute atomic E-state index is 11.3. The Bertz CT molecular complexity index is 1020. The minimum atomic E-state index is -3.80. The second kappa shape index (κ2) is 7.11. The lowest BCUT2D eigenvalue weighted by Crippen LogP contribution is -2.14. The van der Waals surface area contributed by atoms with Crippen LogP contribution in [0.4, 0.5) is 11.4 Å². The molecule has 0 fully saturated rings. The summed E-state index contributed by atoms with van der Waals surface area (Å²) in [7, 11) is -3.80. The summed E-state index contributed by atoms with van der Waals surface area (Å²) in [4.78, 5) is 8.24. The van der Waals surface area contributed by atoms with Gasteiger partial charge < -0.3 is 11.1 Å². The van der Waals surface area contributed by atoms with Gasteiger partial charge in [-0.05, 0) is 24.1 Å². The second-order valence-electron chi connectivity index (χ2n) is 5.82. The molecule has 7 nitrogen and oxygen atoms in total. The fraction of sp³-hybridized carbons (Fsp3) is 0.111. The molecule has 0 aliphatic heterocycles. The average Bonchev–Trinajstić information content (AvgIpc) is 2.62. The highest BCUT2D eigenvalue weighted by Crippen LogP contribution is 2.34. The molecular weight excluding hydrogens is 350 g/mol. The number of benzene rings is 1. The van der Waals surface area contributed by atoms with Crippen LogP contribution < -0.4 is 16.2 Å². The van der Waals surface area contributed by atoms with E-state index in [2.05, 4.69) is 15.3 Å². The third kappa shape index (κ3) is 3.81. The molecule has 26 heavy (non-hydrogen) atoms. The van der Waals surface area contributed by atoms with Gasteiger partial charge in [-0.25, -0.2) is 18.5 Å². The van der Waals surface area contributed by atoms with Crippen molar-refractivity contribution in [3.8, 4) is 11.1 Å². The number of nitrogens with one attached hydrogen (secondary N) is 1. The number of aromatic nitrogens is 2. The molecule has 1 aromatic carbocycles. The average molecular weight is 369 g/mol. The second-order valence-corrected chi connectivity index (χ2v) is 7.33. The lowest BCUT2D eigenvalue weighted by Gasteiger charge is -2.16. The van der Waals surface area contributed by atoms with Gasteiger partial charge in [-0.15, -0.1) is 0 Å². The van der Waals surface area contributed by atoms with Gasteiger partial charge in [-0.2, -0.15) is 0 Å². The molecule has 2 aromatic heterocycles. The highest BCUT2D eigenvalue weighted by Gasteiger charge is 2.13. The van der Waals surface area contributed by atoms with Gasteiger partial charge in [-0.3, -0.25) is 4.98 Å². The van der Waals surface area contributed by atoms with Crippen molar-refractivity contribution in [2.75, 3.05) is 11.1 Å². The van der Waals surface area contributed by atoms with Crippen molar-refractivity contribution in [2.45, 2.75) is 18.5 Å². The highest BCUT2D eigenvalue weighted by molar-refractivity contribution is 7.89. The molecule has 2 heterocycles. The number of sulfonamides is 1. The van der Waals surface area contributed by atoms with E-state index < -0.39 is 10.0 Å². The van der Waals surface area contributed by atoms with E-state index in [-0.39, 0.29) is 5.03 Å². The molecule has 0 unspecified atom stereocenters. The summed E-state index contributed by atoms with van der Waals surface area (Å²) in [5.41, 5.74) is 11.0. The molecule has 0 saturated carbocycles. The van der Waals surface area contributed by atoms with E-state index in [4.69, 9.17) is 10.9 Å². The monoisotopic (exact) mass is 369 g/mol. The molecule has 0 aliphatic rings. The molecule has 0 bridgehead atoms. The molecule has 0 radical (unpaired) electrons. The van der Waals surface area contributed by atoms with E-state index in [1.165, 1.54) is 12.3 Å². The van der Waals surface area contributed by atoms with Crippen LogP contribution in [0, 0.1) is 6.92 Å². The largest absolute Gasteiger partial charge is 0.396 e. The van der Waals surface area contributed by atoms with E-state index in [0.717, 1.165) is 28.1 Å². The number of nitrogens with zero attached hydrogens (tertiary/aromatic N) is 2. The van der Waals surface area contributed by atoms with Crippen LogP contribution in [0.25, 0.3) is 11.1 Å². The van der Waals surface area contributed by atoms with Gasteiger partial charge in [0.1, 0.15) is 0 Å². The first kappa shape index (κ1) is 17.8. The third-order valence-electron chi connectivity index (χ3n) is 3.92. The van der Waals surface area contributed by atoms with Crippen LogP contribution in [-0.2, 0) is 16.6 Å². The van der Waals surface area contributed by atoms with Gasteiger partial charge >= 0.3 is 0 Å². The summed E-state index contributed by atoms with van der Waals surface area (Å²) in [6.07, 6.45) is 3.09. The number of primary sulfonamides is 1. The van der Waals surface area contributed by atoms with Crippen LogP contribution in [0.5, 0.6) is 0 Å². The van der Waals surface area contributed by atoms with Crippen LogP contribution in [0.2, 0.25) is 0 Å². The Balaban J connectivity index is 1.90. The molecule has 0 amide bonds. The minimum Gasteiger partial charge on any atom is -0.396 e. The lowest BCUT2D eigenvalue weighted by atomic mass is 10.0. The van der Waals surface area contributed by atoms with Crippen molar-refractivity contribution < 1.29 is 8.42 Å². The predicted octanol–water partition coefficient (Wildman–Crippen LogP) is 2.29. The maximum Gasteiger partial charge on any atom is 0.255 e. The summed E-state index contributed by atoms with van der Waals surface area (Å²) in [5, 5.41) is 8.21. The molecule has 8 heteroatoms. The van der Waals surface area contributed by atoms with Crippen LogP contribution in [0.15, 0.2) is 59.9 Å². The zero-order valence-electron chi connectivity index (χ0n) is 14.2. The molecule has 0 spiro atoms. The Morgan fingerprint density at radius 3 is 2.38 bits per heavy atom. The first-order valence-corrected chi connectivity index (χ1v) is 9.43. The number of hydrogen-bond acceptors (Lipinski definition) is 6. The molecule has 134 valence electrons. The number of rotatable bonds is 5. The number of anilines is 2. The first-order chi connectivity index (χ1) is 12.4. The zero-order chi connectivity index (χ0) is 18.7. The molecule has 5 N–H and O–H groups in total. The molecule has 3 aromatic rings. The van der Waals surface area contributed by atoms with E-state index >= 15 is 0 Å². The number of nitrogens with two attached hydrogens (primary N) is 2. The predicted molar refractivity (Wildman–Crippen MR) is 102 cm³/mol. The van der Waals surface area contributed by atoms with E-state index in [1.54, 1.807) is 12.3 Å². The van der Waals surface area contributed by atoms with Gasteiger partial charge in [0, 0.05) is 24.0 Å². The Hall–Kier alpha value is -2.97. The number of nitrogen functional groups attached to an aromatic ring is 1. The fourth-order valence-corrected chi connectivity index (χ4v) is 3.10. The van der Waals surface area contributed by atoms with E-state index in [0.29, 0.717) is 12.2 Å². The number of pyridine rings is 2. The van der Waals surface area contributed by atoms with Crippen molar-refractivity contribution in [1.29, 1.82) is 0 Å². The van der Waals surface area contributed by atoms with Gasteiger partial charge in [0.2, 0.25) is 0 Å². The minimum absolute atomic E-state index is 0.162. The summed E-state index contributed by atoms with van der Waals surface area (Å²) in [5.74, 6) is 0. The Morgan fingerprint density at radius 2 is 1.77 bits per heavy atom. The van der Waals surface area contributed by atoms with E-state index in [9.17, 15) is 8.42 Å². The van der Waals surface area contributed by atoms with Crippen LogP contribution in [-0.4, -0.2) is 18.4 Å². The molecule has 0 saturated heterocycles. The van der Waals surface area contributed by atoms with Gasteiger partial charge in [0.05, 0.1) is 17.6 Å². The SMILES string of the molecule is Cc1ncc(N)c(NCc2ccc(S(N)(=O)=O)nc2)c1-c1ccccc1. The van der Waals surface area contributed by atoms with Crippen LogP contribution >= 0.6 is 0 Å². The standard InChI is InChI=1S/C18H19N5O2S/c1-12-17(14-5-3-2-4-6-14)18(15(19)11-21-12)23-10-13-7-8-16(22-9-13)26(20,24)25/h2-9,11H,10,19H2,1H3,(H,21,23)(H2,20,24,25). The van der Waals surface area contributed by atoms with Crippen molar-refractivity contribution in [3.63, 3.8) is 0 Å². The third-order valence-corrected chi connectivity index (χ3v) is 4.74. The Morgan fingerprint density at radius 1 is 1.04 bits per heavy atom. The summed E-state index contributed by atoms with van der Waals surface area (Å²) in [6.45, 7) is 2.35. The number of hydrogen-bond donors (Lipinski definition) is 3. The molecule has 3 rings (SSSR count). The van der Waals surface area contributed by atoms with Gasteiger partial charge in [0.15, 0.2) is 5.03 Å². The molecule has 0 atom stereocenters. The first-order valence-electron chi connectivity index (χ1n) is 7.88. The van der Waals surface area contributed by atoms with Crippen molar-refractivity contribution in [2.24, 2.45) is 5.14 Å². The van der Waals surface area contributed by atoms with Crippen LogP contribution in [0.1, 0.15) is 11.3 Å². The summed E-state index contributed by atoms with van der Waals surface area (Å²) in [6, 6.07) is 12.9. The van der Waals surface area contributed by atoms with Gasteiger partial charge in [0.25, 0.3) is 10.0 Å². The Kier molecular flexibility index (Phi) is 4.88. The van der Waals surface area contributed by atoms with Crippen molar-refractivity contribution in [3.05, 3.63) is 66.1 Å². The van der Waals surface area contributed by atoms with Gasteiger partial charge in [-0.1, -0.05) is 36.4 Å². The normalized spacial score (nSPS) is 11.3. The molecular formula is C18H19N5O2S. The topological polar surface area (TPSA) is 124 Å². The smallest absolute Gasteiger partial charge is 0.255 e. The summed E-state index contributed by atoms with van der Waals surface area (Å²) >= 11 is 0. The van der Waals surface area contributed by atoms with Crippen molar-refractivity contribution >= 4 is 21.4 Å². The Labute approximate surface area is 152 Å².